The number of amides is 1. The lowest BCUT2D eigenvalue weighted by atomic mass is 10.1. The summed E-state index contributed by atoms with van der Waals surface area (Å²) in [5.41, 5.74) is 4.93. The molecule has 0 saturated carbocycles. The molecular weight excluding hydrogens is 398 g/mol. The Kier molecular flexibility index (Phi) is 4.80. The molecule has 152 valence electrons. The third-order valence-electron chi connectivity index (χ3n) is 5.17. The predicted octanol–water partition coefficient (Wildman–Crippen LogP) is 4.57. The zero-order valence-electron chi connectivity index (χ0n) is 16.8. The molecule has 0 spiro atoms. The first-order valence-corrected chi connectivity index (χ1v) is 10.7. The second kappa shape index (κ2) is 7.62. The summed E-state index contributed by atoms with van der Waals surface area (Å²) in [5, 5.41) is 12.5. The standard InChI is InChI=1S/C22H21N5O2S/c1-13-5-8-15(9-6-13)18-19(27-12-14(2)7-10-17(27)23-18)20(28)24-22-26-25-21(30-22)16-4-3-11-29-16/h5-10,12,16H,3-4,11H2,1-2H3,(H,24,26,28). The van der Waals surface area contributed by atoms with E-state index in [1.54, 1.807) is 0 Å². The topological polar surface area (TPSA) is 81.4 Å². The molecule has 7 nitrogen and oxygen atoms in total. The van der Waals surface area contributed by atoms with Gasteiger partial charge in [0.05, 0.1) is 0 Å². The van der Waals surface area contributed by atoms with Crippen molar-refractivity contribution in [2.75, 3.05) is 11.9 Å². The molecule has 0 radical (unpaired) electrons. The first-order valence-electron chi connectivity index (χ1n) is 9.90. The number of hydrogen-bond donors (Lipinski definition) is 1. The SMILES string of the molecule is Cc1ccc(-c2nc3ccc(C)cn3c2C(=O)Nc2nnc(C3CCCO3)s2)cc1. The Morgan fingerprint density at radius 1 is 1.13 bits per heavy atom. The number of aromatic nitrogens is 4. The Balaban J connectivity index is 1.53. The summed E-state index contributed by atoms with van der Waals surface area (Å²) < 4.78 is 7.50. The molecule has 30 heavy (non-hydrogen) atoms. The van der Waals surface area contributed by atoms with Crippen molar-refractivity contribution >= 4 is 28.0 Å². The molecular formula is C22H21N5O2S. The average Bonchev–Trinajstić information content (AvgIpc) is 3.47. The van der Waals surface area contributed by atoms with E-state index < -0.39 is 0 Å². The van der Waals surface area contributed by atoms with Crippen LogP contribution < -0.4 is 5.32 Å². The molecule has 1 aliphatic heterocycles. The van der Waals surface area contributed by atoms with Crippen molar-refractivity contribution in [3.05, 3.63) is 64.4 Å². The number of ether oxygens (including phenoxy) is 1. The molecule has 1 aromatic carbocycles. The molecule has 1 atom stereocenters. The zero-order chi connectivity index (χ0) is 20.7. The van der Waals surface area contributed by atoms with Gasteiger partial charge in [-0.3, -0.25) is 14.5 Å². The number of carbonyl (C=O) groups excluding carboxylic acids is 1. The number of imidazole rings is 1. The van der Waals surface area contributed by atoms with Gasteiger partial charge in [-0.15, -0.1) is 10.2 Å². The van der Waals surface area contributed by atoms with Crippen molar-refractivity contribution in [2.24, 2.45) is 0 Å². The lowest BCUT2D eigenvalue weighted by molar-refractivity contribution is 0.102. The van der Waals surface area contributed by atoms with Crippen LogP contribution in [0.25, 0.3) is 16.9 Å². The van der Waals surface area contributed by atoms with Crippen LogP contribution in [0.2, 0.25) is 0 Å². The summed E-state index contributed by atoms with van der Waals surface area (Å²) in [6, 6.07) is 11.9. The van der Waals surface area contributed by atoms with Gasteiger partial charge in [0, 0.05) is 18.4 Å². The van der Waals surface area contributed by atoms with Crippen LogP contribution >= 0.6 is 11.3 Å². The molecule has 1 aliphatic rings. The number of pyridine rings is 1. The number of benzene rings is 1. The summed E-state index contributed by atoms with van der Waals surface area (Å²) in [7, 11) is 0. The summed E-state index contributed by atoms with van der Waals surface area (Å²) in [4.78, 5) is 18.1. The molecule has 1 N–H and O–H groups in total. The number of hydrogen-bond acceptors (Lipinski definition) is 6. The maximum atomic E-state index is 13.3. The molecule has 8 heteroatoms. The summed E-state index contributed by atoms with van der Waals surface area (Å²) in [6.07, 6.45) is 3.86. The second-order valence-corrected chi connectivity index (χ2v) is 8.52. The van der Waals surface area contributed by atoms with Gasteiger partial charge in [-0.25, -0.2) is 4.98 Å². The highest BCUT2D eigenvalue weighted by molar-refractivity contribution is 7.15. The molecule has 0 aliphatic carbocycles. The van der Waals surface area contributed by atoms with Gasteiger partial charge in [-0.05, 0) is 38.3 Å². The number of nitrogens with one attached hydrogen (secondary N) is 1. The van der Waals surface area contributed by atoms with E-state index in [1.807, 2.05) is 60.8 Å². The average molecular weight is 420 g/mol. The molecule has 4 heterocycles. The van der Waals surface area contributed by atoms with Gasteiger partial charge in [0.2, 0.25) is 5.13 Å². The molecule has 1 fully saturated rings. The third kappa shape index (κ3) is 3.48. The molecule has 1 unspecified atom stereocenters. The van der Waals surface area contributed by atoms with Crippen LogP contribution in [0.4, 0.5) is 5.13 Å². The molecule has 5 rings (SSSR count). The highest BCUT2D eigenvalue weighted by Gasteiger charge is 2.25. The number of nitrogens with zero attached hydrogens (tertiary/aromatic N) is 4. The fourth-order valence-corrected chi connectivity index (χ4v) is 4.45. The van der Waals surface area contributed by atoms with Crippen LogP contribution in [0.3, 0.4) is 0 Å². The highest BCUT2D eigenvalue weighted by Crippen LogP contribution is 2.32. The molecule has 0 bridgehead atoms. The van der Waals surface area contributed by atoms with Gasteiger partial charge in [-0.2, -0.15) is 0 Å². The maximum absolute atomic E-state index is 13.3. The lowest BCUT2D eigenvalue weighted by Gasteiger charge is -2.06. The molecule has 4 aromatic rings. The van der Waals surface area contributed by atoms with Crippen molar-refractivity contribution in [3.63, 3.8) is 0 Å². The normalized spacial score (nSPS) is 16.3. The monoisotopic (exact) mass is 419 g/mol. The van der Waals surface area contributed by atoms with E-state index in [4.69, 9.17) is 9.72 Å². The Morgan fingerprint density at radius 2 is 1.93 bits per heavy atom. The van der Waals surface area contributed by atoms with Crippen molar-refractivity contribution < 1.29 is 9.53 Å². The Bertz CT molecular complexity index is 1220. The quantitative estimate of drug-likeness (QED) is 0.524. The van der Waals surface area contributed by atoms with Crippen molar-refractivity contribution in [1.82, 2.24) is 19.6 Å². The summed E-state index contributed by atoms with van der Waals surface area (Å²) >= 11 is 1.36. The lowest BCUT2D eigenvalue weighted by Crippen LogP contribution is -2.15. The molecule has 1 amide bonds. The van der Waals surface area contributed by atoms with Crippen molar-refractivity contribution in [1.29, 1.82) is 0 Å². The van der Waals surface area contributed by atoms with E-state index in [9.17, 15) is 4.79 Å². The minimum absolute atomic E-state index is 0.0188. The van der Waals surface area contributed by atoms with Crippen LogP contribution in [-0.4, -0.2) is 32.1 Å². The number of anilines is 1. The van der Waals surface area contributed by atoms with E-state index in [0.29, 0.717) is 16.5 Å². The van der Waals surface area contributed by atoms with E-state index in [0.717, 1.165) is 46.8 Å². The first-order chi connectivity index (χ1) is 14.6. The summed E-state index contributed by atoms with van der Waals surface area (Å²) in [6.45, 7) is 4.77. The van der Waals surface area contributed by atoms with Gasteiger partial charge in [0.1, 0.15) is 28.1 Å². The minimum Gasteiger partial charge on any atom is -0.371 e. The Morgan fingerprint density at radius 3 is 2.70 bits per heavy atom. The van der Waals surface area contributed by atoms with Crippen LogP contribution in [0, 0.1) is 13.8 Å². The van der Waals surface area contributed by atoms with Gasteiger partial charge >= 0.3 is 0 Å². The van der Waals surface area contributed by atoms with Crippen molar-refractivity contribution in [3.8, 4) is 11.3 Å². The van der Waals surface area contributed by atoms with E-state index in [1.165, 1.54) is 11.3 Å². The third-order valence-corrected chi connectivity index (χ3v) is 6.10. The highest BCUT2D eigenvalue weighted by atomic mass is 32.1. The van der Waals surface area contributed by atoms with Gasteiger partial charge < -0.3 is 4.74 Å². The molecule has 3 aromatic heterocycles. The molecule has 1 saturated heterocycles. The van der Waals surface area contributed by atoms with Gasteiger partial charge in [0.25, 0.3) is 5.91 Å². The van der Waals surface area contributed by atoms with E-state index in [2.05, 4.69) is 15.5 Å². The Hall–Kier alpha value is -3.10. The number of rotatable bonds is 4. The fraction of sp³-hybridized carbons (Fsp3) is 0.273. The second-order valence-electron chi connectivity index (χ2n) is 7.51. The van der Waals surface area contributed by atoms with Crippen LogP contribution in [0.5, 0.6) is 0 Å². The van der Waals surface area contributed by atoms with Gasteiger partial charge in [0.15, 0.2) is 0 Å². The number of carbonyl (C=O) groups is 1. The maximum Gasteiger partial charge on any atom is 0.276 e. The first kappa shape index (κ1) is 18.9. The van der Waals surface area contributed by atoms with Crippen LogP contribution in [-0.2, 0) is 4.74 Å². The largest absolute Gasteiger partial charge is 0.371 e. The predicted molar refractivity (Wildman–Crippen MR) is 116 cm³/mol. The van der Waals surface area contributed by atoms with Crippen LogP contribution in [0.15, 0.2) is 42.6 Å². The van der Waals surface area contributed by atoms with E-state index in [-0.39, 0.29) is 12.0 Å². The smallest absolute Gasteiger partial charge is 0.276 e. The number of fused-ring (bicyclic) bond motifs is 1. The number of aryl methyl sites for hydroxylation is 2. The van der Waals surface area contributed by atoms with Crippen molar-refractivity contribution in [2.45, 2.75) is 32.8 Å². The Labute approximate surface area is 177 Å². The van der Waals surface area contributed by atoms with Gasteiger partial charge in [-0.1, -0.05) is 47.2 Å². The minimum atomic E-state index is -0.265. The van der Waals surface area contributed by atoms with Crippen LogP contribution in [0.1, 0.15) is 45.6 Å². The summed E-state index contributed by atoms with van der Waals surface area (Å²) in [5.74, 6) is -0.265. The van der Waals surface area contributed by atoms with E-state index >= 15 is 0 Å². The fourth-order valence-electron chi connectivity index (χ4n) is 3.62. The zero-order valence-corrected chi connectivity index (χ0v) is 17.6.